The largest absolute Gasteiger partial charge is 0.497 e. The molecule has 1 atom stereocenters. The van der Waals surface area contributed by atoms with E-state index in [2.05, 4.69) is 26.1 Å². The second-order valence-corrected chi connectivity index (χ2v) is 11.8. The quantitative estimate of drug-likeness (QED) is 0.244. The van der Waals surface area contributed by atoms with Gasteiger partial charge in [0, 0.05) is 15.8 Å². The summed E-state index contributed by atoms with van der Waals surface area (Å²) in [4.78, 5) is 32.8. The lowest BCUT2D eigenvalue weighted by molar-refractivity contribution is 0.0600. The molecule has 0 spiro atoms. The molecule has 4 aromatic rings. The van der Waals surface area contributed by atoms with Gasteiger partial charge in [-0.2, -0.15) is 0 Å². The predicted octanol–water partition coefficient (Wildman–Crippen LogP) is 7.55. The Labute approximate surface area is 233 Å². The van der Waals surface area contributed by atoms with E-state index in [-0.39, 0.29) is 11.3 Å². The number of esters is 1. The lowest BCUT2D eigenvalue weighted by atomic mass is 9.69. The van der Waals surface area contributed by atoms with Crippen molar-refractivity contribution in [2.24, 2.45) is 11.3 Å². The summed E-state index contributed by atoms with van der Waals surface area (Å²) in [6, 6.07) is 17.0. The highest BCUT2D eigenvalue weighted by molar-refractivity contribution is 7.17. The van der Waals surface area contributed by atoms with Crippen LogP contribution in [0.2, 0.25) is 0 Å². The molecule has 2 aromatic heterocycles. The number of aromatic nitrogens is 1. The van der Waals surface area contributed by atoms with Crippen LogP contribution in [-0.2, 0) is 17.6 Å². The highest BCUT2D eigenvalue weighted by Gasteiger charge is 2.35. The zero-order valence-electron chi connectivity index (χ0n) is 23.1. The normalized spacial score (nSPS) is 15.1. The number of nitrogens with zero attached hydrogens (tertiary/aromatic N) is 1. The number of ether oxygens (including phenoxy) is 2. The predicted molar refractivity (Wildman–Crippen MR) is 157 cm³/mol. The second-order valence-electron chi connectivity index (χ2n) is 10.7. The van der Waals surface area contributed by atoms with Crippen LogP contribution in [0.3, 0.4) is 0 Å². The van der Waals surface area contributed by atoms with Crippen molar-refractivity contribution in [3.05, 3.63) is 76.2 Å². The van der Waals surface area contributed by atoms with E-state index in [0.717, 1.165) is 42.2 Å². The molecule has 2 aromatic carbocycles. The molecule has 1 amide bonds. The van der Waals surface area contributed by atoms with Crippen LogP contribution in [0.15, 0.2) is 54.6 Å². The number of para-hydroxylation sites is 1. The van der Waals surface area contributed by atoms with Crippen molar-refractivity contribution in [1.29, 1.82) is 0 Å². The highest BCUT2D eigenvalue weighted by atomic mass is 32.1. The molecule has 1 aliphatic rings. The van der Waals surface area contributed by atoms with Crippen molar-refractivity contribution in [3.8, 4) is 17.0 Å². The smallest absolute Gasteiger partial charge is 0.341 e. The number of hydrogen-bond acceptors (Lipinski definition) is 6. The van der Waals surface area contributed by atoms with E-state index in [9.17, 15) is 9.59 Å². The molecule has 5 rings (SSSR count). The van der Waals surface area contributed by atoms with E-state index in [1.807, 2.05) is 48.5 Å². The monoisotopic (exact) mass is 542 g/mol. The zero-order chi connectivity index (χ0) is 27.7. The molecular formula is C32H34N2O4S. The topological polar surface area (TPSA) is 77.5 Å². The molecule has 0 aliphatic heterocycles. The number of fused-ring (bicyclic) bond motifs is 2. The van der Waals surface area contributed by atoms with Crippen molar-refractivity contribution in [1.82, 2.24) is 4.98 Å². The van der Waals surface area contributed by atoms with Crippen molar-refractivity contribution in [3.63, 3.8) is 0 Å². The lowest BCUT2D eigenvalue weighted by Gasteiger charge is -2.36. The summed E-state index contributed by atoms with van der Waals surface area (Å²) < 4.78 is 10.6. The SMILES string of the molecule is CCC(C)(C)C1CCc2c(sc(NC(=O)c3cc(-c4cccc(OC)c4)nc4ccccc34)c2C(=O)OC)C1. The summed E-state index contributed by atoms with van der Waals surface area (Å²) in [6.45, 7) is 6.86. The van der Waals surface area contributed by atoms with Crippen molar-refractivity contribution in [2.75, 3.05) is 19.5 Å². The minimum Gasteiger partial charge on any atom is -0.497 e. The molecule has 2 heterocycles. The van der Waals surface area contributed by atoms with Crippen LogP contribution >= 0.6 is 11.3 Å². The first-order valence-corrected chi connectivity index (χ1v) is 14.2. The molecule has 0 radical (unpaired) electrons. The molecule has 39 heavy (non-hydrogen) atoms. The van der Waals surface area contributed by atoms with Crippen molar-refractivity contribution in [2.45, 2.75) is 46.5 Å². The third-order valence-corrected chi connectivity index (χ3v) is 9.39. The minimum atomic E-state index is -0.410. The molecule has 202 valence electrons. The van der Waals surface area contributed by atoms with Crippen molar-refractivity contribution < 1.29 is 19.1 Å². The molecular weight excluding hydrogens is 508 g/mol. The van der Waals surface area contributed by atoms with Crippen LogP contribution in [0, 0.1) is 11.3 Å². The molecule has 6 nitrogen and oxygen atoms in total. The standard InChI is InChI=1S/C32H34N2O4S/c1-6-32(2,3)20-14-15-23-27(17-20)39-30(28(23)31(36)38-5)34-29(35)24-18-26(19-10-9-11-21(16-19)37-4)33-25-13-8-7-12-22(24)25/h7-13,16,18,20H,6,14-15,17H2,1-5H3,(H,34,35). The average molecular weight is 543 g/mol. The Kier molecular flexibility index (Phi) is 7.45. The summed E-state index contributed by atoms with van der Waals surface area (Å²) in [5, 5.41) is 4.38. The minimum absolute atomic E-state index is 0.211. The molecule has 1 aliphatic carbocycles. The molecule has 0 saturated heterocycles. The van der Waals surface area contributed by atoms with Gasteiger partial charge < -0.3 is 14.8 Å². The van der Waals surface area contributed by atoms with E-state index < -0.39 is 5.97 Å². The number of anilines is 1. The van der Waals surface area contributed by atoms with Gasteiger partial charge in [-0.1, -0.05) is 57.5 Å². The first-order valence-electron chi connectivity index (χ1n) is 13.3. The fraction of sp³-hybridized carbons (Fsp3) is 0.344. The Hall–Kier alpha value is -3.71. The zero-order valence-corrected chi connectivity index (χ0v) is 23.9. The Bertz CT molecular complexity index is 1560. The van der Waals surface area contributed by atoms with E-state index >= 15 is 0 Å². The number of hydrogen-bond donors (Lipinski definition) is 1. The van der Waals surface area contributed by atoms with Gasteiger partial charge in [0.05, 0.1) is 36.6 Å². The Balaban J connectivity index is 1.55. The van der Waals surface area contributed by atoms with E-state index in [4.69, 9.17) is 14.5 Å². The van der Waals surface area contributed by atoms with Crippen LogP contribution in [-0.4, -0.2) is 31.1 Å². The number of carbonyl (C=O) groups excluding carboxylic acids is 2. The number of amides is 1. The summed E-state index contributed by atoms with van der Waals surface area (Å²) in [5.41, 5.74) is 4.44. The summed E-state index contributed by atoms with van der Waals surface area (Å²) in [7, 11) is 3.01. The van der Waals surface area contributed by atoms with Crippen LogP contribution in [0.5, 0.6) is 5.75 Å². The summed E-state index contributed by atoms with van der Waals surface area (Å²) >= 11 is 1.50. The number of rotatable bonds is 7. The number of carbonyl (C=O) groups is 2. The summed E-state index contributed by atoms with van der Waals surface area (Å²) in [6.07, 6.45) is 3.81. The molecule has 1 unspecified atom stereocenters. The number of pyridine rings is 1. The van der Waals surface area contributed by atoms with Crippen LogP contribution in [0.4, 0.5) is 5.00 Å². The van der Waals surface area contributed by atoms with Gasteiger partial charge in [0.15, 0.2) is 0 Å². The molecule has 0 bridgehead atoms. The maximum Gasteiger partial charge on any atom is 0.341 e. The van der Waals surface area contributed by atoms with Gasteiger partial charge in [0.2, 0.25) is 0 Å². The molecule has 1 N–H and O–H groups in total. The second kappa shape index (κ2) is 10.8. The van der Waals surface area contributed by atoms with Gasteiger partial charge in [-0.3, -0.25) is 4.79 Å². The first-order chi connectivity index (χ1) is 18.7. The lowest BCUT2D eigenvalue weighted by Crippen LogP contribution is -2.28. The van der Waals surface area contributed by atoms with Crippen LogP contribution in [0.25, 0.3) is 22.2 Å². The van der Waals surface area contributed by atoms with Crippen LogP contribution < -0.4 is 10.1 Å². The van der Waals surface area contributed by atoms with E-state index in [1.165, 1.54) is 23.3 Å². The fourth-order valence-electron chi connectivity index (χ4n) is 5.41. The molecule has 0 saturated carbocycles. The van der Waals surface area contributed by atoms with Crippen LogP contribution in [0.1, 0.15) is 64.8 Å². The molecule has 0 fully saturated rings. The van der Waals surface area contributed by atoms with Gasteiger partial charge in [0.25, 0.3) is 5.91 Å². The van der Waals surface area contributed by atoms with E-state index in [0.29, 0.717) is 39.0 Å². The Morgan fingerprint density at radius 3 is 2.64 bits per heavy atom. The first kappa shape index (κ1) is 26.9. The van der Waals surface area contributed by atoms with Gasteiger partial charge in [0.1, 0.15) is 10.8 Å². The van der Waals surface area contributed by atoms with Gasteiger partial charge in [-0.15, -0.1) is 11.3 Å². The number of methoxy groups -OCH3 is 2. The van der Waals surface area contributed by atoms with Gasteiger partial charge >= 0.3 is 5.97 Å². The maximum absolute atomic E-state index is 13.9. The number of nitrogens with one attached hydrogen (secondary N) is 1. The Morgan fingerprint density at radius 2 is 1.90 bits per heavy atom. The van der Waals surface area contributed by atoms with Gasteiger partial charge in [-0.25, -0.2) is 9.78 Å². The van der Waals surface area contributed by atoms with Gasteiger partial charge in [-0.05, 0) is 60.4 Å². The fourth-order valence-corrected chi connectivity index (χ4v) is 6.72. The van der Waals surface area contributed by atoms with E-state index in [1.54, 1.807) is 13.2 Å². The highest BCUT2D eigenvalue weighted by Crippen LogP contribution is 2.46. The number of benzene rings is 2. The Morgan fingerprint density at radius 1 is 1.10 bits per heavy atom. The average Bonchev–Trinajstić information content (AvgIpc) is 3.33. The molecule has 7 heteroatoms. The number of thiophene rings is 1. The summed E-state index contributed by atoms with van der Waals surface area (Å²) in [5.74, 6) is 0.543. The third kappa shape index (κ3) is 5.15. The third-order valence-electron chi connectivity index (χ3n) is 8.22. The maximum atomic E-state index is 13.9. The van der Waals surface area contributed by atoms with Crippen molar-refractivity contribution >= 4 is 39.1 Å².